The summed E-state index contributed by atoms with van der Waals surface area (Å²) in [6, 6.07) is 75.0. The van der Waals surface area contributed by atoms with E-state index in [1.807, 2.05) is 6.08 Å². The van der Waals surface area contributed by atoms with Gasteiger partial charge in [-0.3, -0.25) is 0 Å². The maximum absolute atomic E-state index is 5.66. The van der Waals surface area contributed by atoms with Crippen LogP contribution >= 0.6 is 0 Å². The highest BCUT2D eigenvalue weighted by Crippen LogP contribution is 2.68. The first-order valence-electron chi connectivity index (χ1n) is 21.8. The summed E-state index contributed by atoms with van der Waals surface area (Å²) < 4.78 is 0. The van der Waals surface area contributed by atoms with Crippen molar-refractivity contribution in [3.63, 3.8) is 0 Å². The molecule has 0 radical (unpaired) electrons. The Kier molecular flexibility index (Phi) is 8.39. The van der Waals surface area contributed by atoms with Gasteiger partial charge in [0.25, 0.3) is 0 Å². The molecule has 0 saturated heterocycles. The highest BCUT2D eigenvalue weighted by molar-refractivity contribution is 5.95. The summed E-state index contributed by atoms with van der Waals surface area (Å²) in [7, 11) is 0. The molecule has 2 heteroatoms. The van der Waals surface area contributed by atoms with E-state index in [4.69, 9.17) is 9.97 Å². The van der Waals surface area contributed by atoms with E-state index in [2.05, 4.69) is 232 Å². The van der Waals surface area contributed by atoms with Crippen LogP contribution in [0.1, 0.15) is 40.3 Å². The second-order valence-electron chi connectivity index (χ2n) is 16.8. The molecule has 0 amide bonds. The number of allylic oxidation sites excluding steroid dienone is 5. The summed E-state index contributed by atoms with van der Waals surface area (Å²) in [6.07, 6.45) is 6.38. The molecule has 3 aliphatic rings. The van der Waals surface area contributed by atoms with Gasteiger partial charge in [-0.15, -0.1) is 0 Å². The normalized spacial score (nSPS) is 14.6. The molecule has 8 aromatic carbocycles. The highest BCUT2D eigenvalue weighted by Gasteiger charge is 2.59. The lowest BCUT2D eigenvalue weighted by molar-refractivity contribution is 0.624. The summed E-state index contributed by atoms with van der Waals surface area (Å²) in [4.78, 5) is 11.3. The maximum atomic E-state index is 5.66. The zero-order chi connectivity index (χ0) is 42.1. The van der Waals surface area contributed by atoms with Gasteiger partial charge >= 0.3 is 0 Å². The molecule has 0 fully saturated rings. The van der Waals surface area contributed by atoms with Crippen LogP contribution in [-0.2, 0) is 10.8 Å². The van der Waals surface area contributed by atoms with Crippen molar-refractivity contribution >= 4 is 0 Å². The van der Waals surface area contributed by atoms with Crippen LogP contribution in [0.5, 0.6) is 0 Å². The Labute approximate surface area is 369 Å². The molecule has 1 heterocycles. The van der Waals surface area contributed by atoms with Crippen molar-refractivity contribution in [1.82, 2.24) is 9.97 Å². The first kappa shape index (κ1) is 36.9. The number of rotatable bonds is 6. The second kappa shape index (κ2) is 14.3. The third-order valence-electron chi connectivity index (χ3n) is 13.8. The fourth-order valence-corrected chi connectivity index (χ4v) is 11.4. The van der Waals surface area contributed by atoms with Gasteiger partial charge in [0.05, 0.1) is 22.2 Å². The molecule has 0 N–H and O–H groups in total. The number of benzene rings is 8. The molecule has 296 valence electrons. The van der Waals surface area contributed by atoms with E-state index in [-0.39, 0.29) is 0 Å². The fraction of sp³-hybridized carbons (Fsp3) is 0.0492. The third-order valence-corrected chi connectivity index (χ3v) is 13.8. The zero-order valence-corrected chi connectivity index (χ0v) is 35.0. The van der Waals surface area contributed by atoms with Crippen molar-refractivity contribution in [3.8, 4) is 67.3 Å². The van der Waals surface area contributed by atoms with Gasteiger partial charge in [0.15, 0.2) is 5.82 Å². The molecule has 0 bridgehead atoms. The molecule has 9 aromatic rings. The van der Waals surface area contributed by atoms with E-state index in [0.717, 1.165) is 33.6 Å². The number of hydrogen-bond acceptors (Lipinski definition) is 2. The van der Waals surface area contributed by atoms with Crippen LogP contribution in [-0.4, -0.2) is 9.97 Å². The van der Waals surface area contributed by atoms with E-state index < -0.39 is 10.8 Å². The summed E-state index contributed by atoms with van der Waals surface area (Å²) in [5.41, 5.74) is 20.9. The quantitative estimate of drug-likeness (QED) is 0.157. The Balaban J connectivity index is 1.25. The van der Waals surface area contributed by atoms with E-state index in [1.54, 1.807) is 0 Å². The van der Waals surface area contributed by atoms with Gasteiger partial charge in [0.1, 0.15) is 0 Å². The molecule has 0 aliphatic heterocycles. The second-order valence-corrected chi connectivity index (χ2v) is 16.8. The van der Waals surface area contributed by atoms with Crippen molar-refractivity contribution in [2.75, 3.05) is 0 Å². The standard InChI is InChI=1S/C61H42N2/c1-3-4-32-50-40(2)60(51-33-15-11-27-45(51)46-28-12-16-34-52(46)60)55-37-20-31-49(58(55)61(50)53-35-17-13-29-47(53)48-30-14-18-36-54(48)61)59-62-56(42-23-9-6-10-24-42)39-57(63-59)44-26-19-25-43(38-44)41-21-7-5-8-22-41/h3-39H,1H2,2H3/b32-4-. The number of hydrogen-bond donors (Lipinski definition) is 0. The Morgan fingerprint density at radius 3 is 1.40 bits per heavy atom. The van der Waals surface area contributed by atoms with Crippen LogP contribution in [0.25, 0.3) is 67.3 Å². The minimum Gasteiger partial charge on any atom is -0.228 e. The molecule has 0 saturated carbocycles. The van der Waals surface area contributed by atoms with Crippen molar-refractivity contribution in [3.05, 3.63) is 276 Å². The Morgan fingerprint density at radius 2 is 0.825 bits per heavy atom. The van der Waals surface area contributed by atoms with Gasteiger partial charge in [0.2, 0.25) is 0 Å². The fourth-order valence-electron chi connectivity index (χ4n) is 11.4. The Bertz CT molecular complexity index is 3280. The molecule has 0 atom stereocenters. The molecule has 1 aromatic heterocycles. The van der Waals surface area contributed by atoms with Crippen LogP contribution < -0.4 is 0 Å². The molecule has 12 rings (SSSR count). The van der Waals surface area contributed by atoms with E-state index in [9.17, 15) is 0 Å². The average molecular weight is 803 g/mol. The van der Waals surface area contributed by atoms with E-state index >= 15 is 0 Å². The lowest BCUT2D eigenvalue weighted by Crippen LogP contribution is -2.43. The SMILES string of the molecule is C=C/C=C\C1=C(C)C2(c3ccccc3-c3ccccc32)c2cccc(-c3nc(-c4ccccc4)cc(-c4cccc(-c5ccccc5)c4)n3)c2C12c1ccccc1-c1ccccc12. The molecule has 3 aliphatic carbocycles. The predicted molar refractivity (Wildman–Crippen MR) is 259 cm³/mol. The predicted octanol–water partition coefficient (Wildman–Crippen LogP) is 14.8. The zero-order valence-electron chi connectivity index (χ0n) is 35.0. The van der Waals surface area contributed by atoms with Crippen molar-refractivity contribution in [1.29, 1.82) is 0 Å². The average Bonchev–Trinajstić information content (AvgIpc) is 3.82. The number of nitrogens with zero attached hydrogens (tertiary/aromatic N) is 2. The largest absolute Gasteiger partial charge is 0.228 e. The summed E-state index contributed by atoms with van der Waals surface area (Å²) in [5, 5.41) is 0. The third kappa shape index (κ3) is 5.19. The van der Waals surface area contributed by atoms with Crippen LogP contribution in [0.2, 0.25) is 0 Å². The molecule has 2 spiro atoms. The molecule has 0 unspecified atom stereocenters. The van der Waals surface area contributed by atoms with Gasteiger partial charge < -0.3 is 0 Å². The first-order valence-corrected chi connectivity index (χ1v) is 21.8. The van der Waals surface area contributed by atoms with Crippen LogP contribution in [0, 0.1) is 0 Å². The topological polar surface area (TPSA) is 25.8 Å². The molecule has 2 nitrogen and oxygen atoms in total. The summed E-state index contributed by atoms with van der Waals surface area (Å²) in [6.45, 7) is 6.60. The first-order chi connectivity index (χ1) is 31.1. The van der Waals surface area contributed by atoms with Crippen molar-refractivity contribution in [2.45, 2.75) is 17.8 Å². The molecule has 63 heavy (non-hydrogen) atoms. The van der Waals surface area contributed by atoms with Crippen molar-refractivity contribution in [2.24, 2.45) is 0 Å². The maximum Gasteiger partial charge on any atom is 0.160 e. The van der Waals surface area contributed by atoms with Gasteiger partial charge in [-0.05, 0) is 97.0 Å². The van der Waals surface area contributed by atoms with Crippen LogP contribution in [0.3, 0.4) is 0 Å². The van der Waals surface area contributed by atoms with Crippen molar-refractivity contribution < 1.29 is 0 Å². The molecular weight excluding hydrogens is 761 g/mol. The van der Waals surface area contributed by atoms with Gasteiger partial charge in [-0.25, -0.2) is 9.97 Å². The Hall–Kier alpha value is -7.94. The van der Waals surface area contributed by atoms with E-state index in [1.165, 1.54) is 72.3 Å². The lowest BCUT2D eigenvalue weighted by Gasteiger charge is -2.49. The lowest BCUT2D eigenvalue weighted by atomic mass is 9.51. The summed E-state index contributed by atoms with van der Waals surface area (Å²) in [5.74, 6) is 0.691. The number of aromatic nitrogens is 2. The minimum absolute atomic E-state index is 0.610. The summed E-state index contributed by atoms with van der Waals surface area (Å²) >= 11 is 0. The van der Waals surface area contributed by atoms with Gasteiger partial charge in [-0.1, -0.05) is 219 Å². The van der Waals surface area contributed by atoms with E-state index in [0.29, 0.717) is 5.82 Å². The van der Waals surface area contributed by atoms with Gasteiger partial charge in [0, 0.05) is 16.7 Å². The number of fused-ring (bicyclic) bond motifs is 13. The smallest absolute Gasteiger partial charge is 0.160 e. The van der Waals surface area contributed by atoms with Gasteiger partial charge in [-0.2, -0.15) is 0 Å². The minimum atomic E-state index is -0.722. The Morgan fingerprint density at radius 1 is 0.397 bits per heavy atom. The monoisotopic (exact) mass is 802 g/mol. The van der Waals surface area contributed by atoms with Crippen LogP contribution in [0.15, 0.2) is 242 Å². The van der Waals surface area contributed by atoms with Crippen LogP contribution in [0.4, 0.5) is 0 Å². The molecular formula is C61H42N2. The highest BCUT2D eigenvalue weighted by atomic mass is 14.9.